The van der Waals surface area contributed by atoms with Gasteiger partial charge in [-0.25, -0.2) is 4.39 Å². The molecule has 1 aromatic heterocycles. The van der Waals surface area contributed by atoms with Crippen LogP contribution in [-0.4, -0.2) is 6.54 Å². The Hall–Kier alpha value is -0.710. The average molecular weight is 356 g/mol. The first-order chi connectivity index (χ1) is 9.61. The van der Waals surface area contributed by atoms with E-state index in [4.69, 9.17) is 0 Å². The molecule has 0 spiro atoms. The van der Waals surface area contributed by atoms with Crippen LogP contribution in [0.15, 0.2) is 34.1 Å². The highest BCUT2D eigenvalue weighted by molar-refractivity contribution is 9.10. The van der Waals surface area contributed by atoms with Crippen LogP contribution in [-0.2, 0) is 6.42 Å². The predicted molar refractivity (Wildman–Crippen MR) is 87.9 cm³/mol. The summed E-state index contributed by atoms with van der Waals surface area (Å²) in [6.45, 7) is 5.12. The van der Waals surface area contributed by atoms with Crippen molar-refractivity contribution in [3.05, 3.63) is 55.9 Å². The van der Waals surface area contributed by atoms with Gasteiger partial charge in [0.05, 0.1) is 0 Å². The van der Waals surface area contributed by atoms with Crippen LogP contribution in [0.2, 0.25) is 0 Å². The van der Waals surface area contributed by atoms with Gasteiger partial charge in [-0.3, -0.25) is 0 Å². The van der Waals surface area contributed by atoms with Crippen molar-refractivity contribution < 1.29 is 4.39 Å². The Kier molecular flexibility index (Phi) is 5.75. The van der Waals surface area contributed by atoms with E-state index in [9.17, 15) is 4.39 Å². The minimum Gasteiger partial charge on any atom is -0.309 e. The molecular formula is C16H19BrFNS. The summed E-state index contributed by atoms with van der Waals surface area (Å²) >= 11 is 5.37. The van der Waals surface area contributed by atoms with Gasteiger partial charge < -0.3 is 5.32 Å². The molecule has 1 nitrogen and oxygen atoms in total. The number of halogens is 2. The van der Waals surface area contributed by atoms with Crippen LogP contribution in [0.5, 0.6) is 0 Å². The number of rotatable bonds is 6. The SMILES string of the molecule is CCCNC(Cc1ccc(F)cc1C)c1sccc1Br. The highest BCUT2D eigenvalue weighted by Crippen LogP contribution is 2.31. The lowest BCUT2D eigenvalue weighted by Gasteiger charge is -2.19. The minimum atomic E-state index is -0.165. The van der Waals surface area contributed by atoms with Gasteiger partial charge in [0.25, 0.3) is 0 Å². The molecule has 1 aromatic carbocycles. The Balaban J connectivity index is 2.21. The van der Waals surface area contributed by atoms with E-state index in [0.29, 0.717) is 0 Å². The molecule has 0 bridgehead atoms. The number of nitrogens with one attached hydrogen (secondary N) is 1. The summed E-state index contributed by atoms with van der Waals surface area (Å²) in [7, 11) is 0. The molecule has 1 unspecified atom stereocenters. The van der Waals surface area contributed by atoms with Gasteiger partial charge in [-0.2, -0.15) is 0 Å². The zero-order valence-electron chi connectivity index (χ0n) is 11.7. The Bertz CT molecular complexity index is 567. The highest BCUT2D eigenvalue weighted by atomic mass is 79.9. The van der Waals surface area contributed by atoms with Gasteiger partial charge in [-0.15, -0.1) is 11.3 Å². The smallest absolute Gasteiger partial charge is 0.123 e. The standard InChI is InChI=1S/C16H19BrFNS/c1-3-7-19-15(16-14(17)6-8-20-16)10-12-4-5-13(18)9-11(12)2/h4-6,8-9,15,19H,3,7,10H2,1-2H3. The largest absolute Gasteiger partial charge is 0.309 e. The van der Waals surface area contributed by atoms with Crippen LogP contribution in [0.25, 0.3) is 0 Å². The maximum absolute atomic E-state index is 13.2. The first kappa shape index (κ1) is 15.7. The van der Waals surface area contributed by atoms with Crippen molar-refractivity contribution in [2.45, 2.75) is 32.7 Å². The summed E-state index contributed by atoms with van der Waals surface area (Å²) in [5, 5.41) is 5.68. The summed E-state index contributed by atoms with van der Waals surface area (Å²) in [6.07, 6.45) is 1.98. The topological polar surface area (TPSA) is 12.0 Å². The fourth-order valence-corrected chi connectivity index (χ4v) is 3.96. The maximum Gasteiger partial charge on any atom is 0.123 e. The highest BCUT2D eigenvalue weighted by Gasteiger charge is 2.17. The van der Waals surface area contributed by atoms with Gasteiger partial charge in [-0.05, 0) is 76.9 Å². The number of benzene rings is 1. The van der Waals surface area contributed by atoms with Gasteiger partial charge >= 0.3 is 0 Å². The first-order valence-electron chi connectivity index (χ1n) is 6.83. The first-order valence-corrected chi connectivity index (χ1v) is 8.50. The van der Waals surface area contributed by atoms with Crippen molar-refractivity contribution in [3.63, 3.8) is 0 Å². The van der Waals surface area contributed by atoms with Crippen molar-refractivity contribution in [1.82, 2.24) is 5.32 Å². The van der Waals surface area contributed by atoms with Crippen molar-refractivity contribution in [2.75, 3.05) is 6.54 Å². The minimum absolute atomic E-state index is 0.165. The molecule has 1 heterocycles. The molecule has 0 fully saturated rings. The molecule has 20 heavy (non-hydrogen) atoms. The molecule has 0 aliphatic rings. The van der Waals surface area contributed by atoms with Crippen molar-refractivity contribution in [2.24, 2.45) is 0 Å². The Labute approximate surface area is 132 Å². The lowest BCUT2D eigenvalue weighted by Crippen LogP contribution is -2.24. The van der Waals surface area contributed by atoms with Gasteiger partial charge in [0, 0.05) is 15.4 Å². The maximum atomic E-state index is 13.2. The third-order valence-electron chi connectivity index (χ3n) is 3.33. The zero-order valence-corrected chi connectivity index (χ0v) is 14.2. The van der Waals surface area contributed by atoms with Crippen molar-refractivity contribution in [1.29, 1.82) is 0 Å². The molecule has 0 saturated heterocycles. The van der Waals surface area contributed by atoms with Crippen LogP contribution >= 0.6 is 27.3 Å². The molecular weight excluding hydrogens is 337 g/mol. The van der Waals surface area contributed by atoms with Gasteiger partial charge in [-0.1, -0.05) is 13.0 Å². The second-order valence-electron chi connectivity index (χ2n) is 4.91. The van der Waals surface area contributed by atoms with E-state index in [1.54, 1.807) is 23.5 Å². The lowest BCUT2D eigenvalue weighted by molar-refractivity contribution is 0.533. The number of hydrogen-bond acceptors (Lipinski definition) is 2. The summed E-state index contributed by atoms with van der Waals surface area (Å²) in [4.78, 5) is 1.31. The molecule has 0 amide bonds. The molecule has 4 heteroatoms. The monoisotopic (exact) mass is 355 g/mol. The molecule has 0 aliphatic heterocycles. The van der Waals surface area contributed by atoms with Crippen LogP contribution < -0.4 is 5.32 Å². The molecule has 108 valence electrons. The molecule has 2 aromatic rings. The molecule has 2 rings (SSSR count). The van der Waals surface area contributed by atoms with E-state index < -0.39 is 0 Å². The molecule has 1 atom stereocenters. The van der Waals surface area contributed by atoms with Crippen LogP contribution in [0, 0.1) is 12.7 Å². The number of aryl methyl sites for hydroxylation is 1. The fourth-order valence-electron chi connectivity index (χ4n) is 2.24. The fraction of sp³-hybridized carbons (Fsp3) is 0.375. The van der Waals surface area contributed by atoms with Crippen LogP contribution in [0.1, 0.15) is 35.4 Å². The van der Waals surface area contributed by atoms with Crippen molar-refractivity contribution in [3.8, 4) is 0 Å². The van der Waals surface area contributed by atoms with Gasteiger partial charge in [0.1, 0.15) is 5.82 Å². The van der Waals surface area contributed by atoms with Gasteiger partial charge in [0.2, 0.25) is 0 Å². The third kappa shape index (κ3) is 3.90. The van der Waals surface area contributed by atoms with Crippen LogP contribution in [0.3, 0.4) is 0 Å². The average Bonchev–Trinajstić information content (AvgIpc) is 2.83. The van der Waals surface area contributed by atoms with Crippen LogP contribution in [0.4, 0.5) is 4.39 Å². The van der Waals surface area contributed by atoms with Crippen molar-refractivity contribution >= 4 is 27.3 Å². The Morgan fingerprint density at radius 2 is 2.15 bits per heavy atom. The number of hydrogen-bond donors (Lipinski definition) is 1. The van der Waals surface area contributed by atoms with E-state index in [-0.39, 0.29) is 11.9 Å². The Morgan fingerprint density at radius 3 is 2.75 bits per heavy atom. The van der Waals surface area contributed by atoms with E-state index >= 15 is 0 Å². The normalized spacial score (nSPS) is 12.6. The second kappa shape index (κ2) is 7.34. The molecule has 0 saturated carbocycles. The third-order valence-corrected chi connectivity index (χ3v) is 5.32. The quantitative estimate of drug-likeness (QED) is 0.746. The molecule has 1 N–H and O–H groups in total. The summed E-state index contributed by atoms with van der Waals surface area (Å²) in [6, 6.07) is 7.40. The van der Waals surface area contributed by atoms with E-state index in [1.807, 2.05) is 13.0 Å². The van der Waals surface area contributed by atoms with Gasteiger partial charge in [0.15, 0.2) is 0 Å². The van der Waals surface area contributed by atoms with E-state index in [2.05, 4.69) is 39.6 Å². The molecule has 0 aliphatic carbocycles. The summed E-state index contributed by atoms with van der Waals surface area (Å²) in [5.74, 6) is -0.165. The lowest BCUT2D eigenvalue weighted by atomic mass is 10.00. The number of thiophene rings is 1. The van der Waals surface area contributed by atoms with E-state index in [0.717, 1.165) is 29.4 Å². The summed E-state index contributed by atoms with van der Waals surface area (Å²) < 4.78 is 14.4. The predicted octanol–water partition coefficient (Wildman–Crippen LogP) is 5.24. The zero-order chi connectivity index (χ0) is 14.5. The summed E-state index contributed by atoms with van der Waals surface area (Å²) in [5.41, 5.74) is 2.21. The van der Waals surface area contributed by atoms with E-state index in [1.165, 1.54) is 10.4 Å². The molecule has 0 radical (unpaired) electrons. The Morgan fingerprint density at radius 1 is 1.35 bits per heavy atom. The second-order valence-corrected chi connectivity index (χ2v) is 6.72.